The van der Waals surface area contributed by atoms with Gasteiger partial charge in [-0.05, 0) is 24.2 Å². The molecule has 0 spiro atoms. The highest BCUT2D eigenvalue weighted by molar-refractivity contribution is 5.94. The molecule has 0 aromatic carbocycles. The van der Waals surface area contributed by atoms with Gasteiger partial charge in [0.05, 0.1) is 24.5 Å². The molecule has 25 heavy (non-hydrogen) atoms. The quantitative estimate of drug-likeness (QED) is 0.878. The van der Waals surface area contributed by atoms with Gasteiger partial charge in [-0.3, -0.25) is 9.78 Å². The zero-order chi connectivity index (χ0) is 17.8. The van der Waals surface area contributed by atoms with E-state index < -0.39 is 0 Å². The van der Waals surface area contributed by atoms with Crippen LogP contribution >= 0.6 is 0 Å². The van der Waals surface area contributed by atoms with Crippen LogP contribution in [0, 0.1) is 11.3 Å². The maximum absolute atomic E-state index is 12.9. The van der Waals surface area contributed by atoms with Crippen molar-refractivity contribution in [3.63, 3.8) is 0 Å². The lowest BCUT2D eigenvalue weighted by atomic mass is 9.87. The topological polar surface area (TPSA) is 92.9 Å². The van der Waals surface area contributed by atoms with Crippen molar-refractivity contribution < 1.29 is 9.90 Å². The molecule has 2 aromatic heterocycles. The number of hydrogen-bond acceptors (Lipinski definition) is 5. The Morgan fingerprint density at radius 2 is 2.24 bits per heavy atom. The predicted octanol–water partition coefficient (Wildman–Crippen LogP) is 1.46. The number of nitrogens with one attached hydrogen (secondary N) is 1. The summed E-state index contributed by atoms with van der Waals surface area (Å²) in [7, 11) is 0. The zero-order valence-electron chi connectivity index (χ0n) is 14.7. The van der Waals surface area contributed by atoms with Crippen LogP contribution in [0.3, 0.4) is 0 Å². The lowest BCUT2D eigenvalue weighted by Gasteiger charge is -2.29. The Labute approximate surface area is 146 Å². The van der Waals surface area contributed by atoms with Crippen LogP contribution in [0.25, 0.3) is 5.82 Å². The Kier molecular flexibility index (Phi) is 3.64. The minimum atomic E-state index is -0.326. The molecular formula is C18H23N5O2. The summed E-state index contributed by atoms with van der Waals surface area (Å²) in [6.07, 6.45) is 6.96. The first-order valence-electron chi connectivity index (χ1n) is 8.70. The van der Waals surface area contributed by atoms with Crippen molar-refractivity contribution in [3.05, 3.63) is 35.5 Å². The number of rotatable bonds is 4. The minimum absolute atomic E-state index is 0.104. The number of aromatic nitrogens is 4. The molecule has 0 radical (unpaired) electrons. The molecule has 0 bridgehead atoms. The van der Waals surface area contributed by atoms with E-state index in [1.165, 1.54) is 0 Å². The van der Waals surface area contributed by atoms with Gasteiger partial charge in [-0.2, -0.15) is 5.10 Å². The fourth-order valence-corrected chi connectivity index (χ4v) is 3.64. The van der Waals surface area contributed by atoms with Gasteiger partial charge in [0.25, 0.3) is 5.91 Å². The van der Waals surface area contributed by atoms with Gasteiger partial charge in [-0.15, -0.1) is 0 Å². The van der Waals surface area contributed by atoms with Crippen LogP contribution in [0.5, 0.6) is 0 Å². The first-order valence-corrected chi connectivity index (χ1v) is 8.70. The van der Waals surface area contributed by atoms with Crippen LogP contribution in [0.4, 0.5) is 0 Å². The first kappa shape index (κ1) is 16.2. The second kappa shape index (κ2) is 5.62. The fourth-order valence-electron chi connectivity index (χ4n) is 3.64. The lowest BCUT2D eigenvalue weighted by Crippen LogP contribution is -2.46. The maximum atomic E-state index is 12.9. The van der Waals surface area contributed by atoms with E-state index >= 15 is 0 Å². The number of carbonyl (C=O) groups excluding carboxylic acids is 1. The summed E-state index contributed by atoms with van der Waals surface area (Å²) in [5, 5.41) is 17.1. The van der Waals surface area contributed by atoms with E-state index in [9.17, 15) is 9.90 Å². The molecule has 1 amide bonds. The second-order valence-corrected chi connectivity index (χ2v) is 8.07. The summed E-state index contributed by atoms with van der Waals surface area (Å²) in [5.74, 6) is 1.51. The molecule has 1 unspecified atom stereocenters. The Morgan fingerprint density at radius 1 is 1.44 bits per heavy atom. The highest BCUT2D eigenvalue weighted by atomic mass is 16.3. The normalized spacial score (nSPS) is 22.2. The lowest BCUT2D eigenvalue weighted by molar-refractivity contribution is 0.0841. The van der Waals surface area contributed by atoms with E-state index in [0.29, 0.717) is 23.3 Å². The molecule has 2 heterocycles. The third-order valence-corrected chi connectivity index (χ3v) is 5.28. The summed E-state index contributed by atoms with van der Waals surface area (Å²) in [4.78, 5) is 21.3. The number of carbonyl (C=O) groups is 1. The Morgan fingerprint density at radius 3 is 2.88 bits per heavy atom. The summed E-state index contributed by atoms with van der Waals surface area (Å²) >= 11 is 0. The van der Waals surface area contributed by atoms with Gasteiger partial charge < -0.3 is 10.4 Å². The number of fused-ring (bicyclic) bond motifs is 3. The van der Waals surface area contributed by atoms with E-state index in [1.54, 1.807) is 23.3 Å². The molecular weight excluding hydrogens is 318 g/mol. The molecule has 2 N–H and O–H groups in total. The number of amides is 1. The predicted molar refractivity (Wildman–Crippen MR) is 91.5 cm³/mol. The third-order valence-electron chi connectivity index (χ3n) is 5.28. The van der Waals surface area contributed by atoms with Gasteiger partial charge in [0.15, 0.2) is 11.5 Å². The zero-order valence-corrected chi connectivity index (χ0v) is 14.7. The highest BCUT2D eigenvalue weighted by Crippen LogP contribution is 2.57. The molecule has 1 fully saturated rings. The van der Waals surface area contributed by atoms with Crippen LogP contribution in [0.15, 0.2) is 18.6 Å². The molecule has 7 heteroatoms. The van der Waals surface area contributed by atoms with Crippen LogP contribution in [0.2, 0.25) is 0 Å². The SMILES string of the molecule is CC(C)(C)[C@@H](CO)NC(=O)c1nn(-c2cnccn2)c2c1CC1C[C@@H]21. The average Bonchev–Trinajstić information content (AvgIpc) is 3.08. The van der Waals surface area contributed by atoms with E-state index in [4.69, 9.17) is 0 Å². The van der Waals surface area contributed by atoms with Crippen LogP contribution in [0.1, 0.15) is 54.9 Å². The van der Waals surface area contributed by atoms with Gasteiger partial charge in [0, 0.05) is 23.9 Å². The fraction of sp³-hybridized carbons (Fsp3) is 0.556. The van der Waals surface area contributed by atoms with Crippen LogP contribution in [-0.2, 0) is 6.42 Å². The number of aliphatic hydroxyl groups excluding tert-OH is 1. The number of nitrogens with zero attached hydrogens (tertiary/aromatic N) is 4. The van der Waals surface area contributed by atoms with E-state index in [0.717, 1.165) is 24.1 Å². The van der Waals surface area contributed by atoms with Gasteiger partial charge >= 0.3 is 0 Å². The Balaban J connectivity index is 1.70. The Bertz CT molecular complexity index is 809. The molecule has 1 saturated carbocycles. The van der Waals surface area contributed by atoms with Crippen molar-refractivity contribution in [2.24, 2.45) is 11.3 Å². The highest BCUT2D eigenvalue weighted by Gasteiger charge is 2.50. The third kappa shape index (κ3) is 2.72. The first-order chi connectivity index (χ1) is 11.9. The monoisotopic (exact) mass is 341 g/mol. The molecule has 3 atom stereocenters. The van der Waals surface area contributed by atoms with Crippen molar-refractivity contribution in [2.45, 2.75) is 45.6 Å². The summed E-state index contributed by atoms with van der Waals surface area (Å²) in [6.45, 7) is 5.87. The standard InChI is InChI=1S/C18H23N5O2/c1-18(2,3)13(9-24)21-17(25)15-12-7-10-6-11(10)16(12)23(22-15)14-8-19-4-5-20-14/h4-5,8,10-11,13,24H,6-7,9H2,1-3H3,(H,21,25)/t10?,11-,13-/m1/s1. The molecule has 2 aliphatic rings. The van der Waals surface area contributed by atoms with Crippen molar-refractivity contribution in [2.75, 3.05) is 6.61 Å². The van der Waals surface area contributed by atoms with Gasteiger partial charge in [-0.25, -0.2) is 9.67 Å². The molecule has 7 nitrogen and oxygen atoms in total. The van der Waals surface area contributed by atoms with Crippen LogP contribution in [-0.4, -0.2) is 43.4 Å². The van der Waals surface area contributed by atoms with Crippen molar-refractivity contribution in [1.82, 2.24) is 25.1 Å². The smallest absolute Gasteiger partial charge is 0.272 e. The summed E-state index contributed by atoms with van der Waals surface area (Å²) < 4.78 is 1.78. The number of hydrogen-bond donors (Lipinski definition) is 2. The average molecular weight is 341 g/mol. The van der Waals surface area contributed by atoms with E-state index in [1.807, 2.05) is 20.8 Å². The van der Waals surface area contributed by atoms with Gasteiger partial charge in [-0.1, -0.05) is 20.8 Å². The summed E-state index contributed by atoms with van der Waals surface area (Å²) in [6, 6.07) is -0.326. The minimum Gasteiger partial charge on any atom is -0.394 e. The van der Waals surface area contributed by atoms with Gasteiger partial charge in [0.2, 0.25) is 0 Å². The number of aliphatic hydroxyl groups is 1. The molecule has 132 valence electrons. The second-order valence-electron chi connectivity index (χ2n) is 8.07. The van der Waals surface area contributed by atoms with Gasteiger partial charge in [0.1, 0.15) is 0 Å². The molecule has 2 aliphatic carbocycles. The molecule has 0 saturated heterocycles. The van der Waals surface area contributed by atoms with E-state index in [2.05, 4.69) is 20.4 Å². The van der Waals surface area contributed by atoms with Crippen molar-refractivity contribution >= 4 is 5.91 Å². The van der Waals surface area contributed by atoms with E-state index in [-0.39, 0.29) is 24.0 Å². The maximum Gasteiger partial charge on any atom is 0.272 e. The Hall–Kier alpha value is -2.28. The molecule has 0 aliphatic heterocycles. The molecule has 4 rings (SSSR count). The molecule has 2 aromatic rings. The summed E-state index contributed by atoms with van der Waals surface area (Å²) in [5.41, 5.74) is 2.35. The van der Waals surface area contributed by atoms with Crippen molar-refractivity contribution in [1.29, 1.82) is 0 Å². The van der Waals surface area contributed by atoms with Crippen molar-refractivity contribution in [3.8, 4) is 5.82 Å². The van der Waals surface area contributed by atoms with Crippen LogP contribution < -0.4 is 5.32 Å². The largest absolute Gasteiger partial charge is 0.394 e.